The first-order valence-electron chi connectivity index (χ1n) is 28.7. The molecule has 19 atom stereocenters. The second-order valence-corrected chi connectivity index (χ2v) is 25.2. The number of hydrogen-bond acceptors (Lipinski definition) is 19. The molecule has 20 heteroatoms. The molecule has 2 aromatic rings. The number of rotatable bonds is 17. The van der Waals surface area contributed by atoms with Gasteiger partial charge in [0, 0.05) is 92.4 Å². The van der Waals surface area contributed by atoms with Gasteiger partial charge in [-0.1, -0.05) is 27.7 Å². The van der Waals surface area contributed by atoms with Gasteiger partial charge < -0.3 is 67.4 Å². The van der Waals surface area contributed by atoms with Gasteiger partial charge in [-0.25, -0.2) is 0 Å². The summed E-state index contributed by atoms with van der Waals surface area (Å²) in [6.45, 7) is 18.2. The molecule has 2 N–H and O–H groups in total. The minimum atomic E-state index is -1.50. The first kappa shape index (κ1) is 63.6. The Balaban J connectivity index is 1.26. The van der Waals surface area contributed by atoms with Crippen molar-refractivity contribution in [2.24, 2.45) is 29.6 Å². The van der Waals surface area contributed by atoms with Crippen molar-refractivity contribution >= 4 is 41.1 Å². The summed E-state index contributed by atoms with van der Waals surface area (Å²) < 4.78 is 64.4. The number of anilines is 1. The number of methoxy groups -OCH3 is 3. The number of aliphatic hydroxyl groups is 2. The summed E-state index contributed by atoms with van der Waals surface area (Å²) >= 11 is 1.29. The van der Waals surface area contributed by atoms with Gasteiger partial charge in [-0.05, 0) is 125 Å². The molecule has 19 nitrogen and oxygen atoms in total. The number of esters is 2. The van der Waals surface area contributed by atoms with E-state index in [4.69, 9.17) is 47.4 Å². The Hall–Kier alpha value is -3.96. The highest BCUT2D eigenvalue weighted by molar-refractivity contribution is 8.00. The summed E-state index contributed by atoms with van der Waals surface area (Å²) in [6.07, 6.45) is -0.312. The number of aromatic nitrogens is 1. The molecule has 1 saturated carbocycles. The van der Waals surface area contributed by atoms with Gasteiger partial charge in [0.05, 0.1) is 54.7 Å². The number of hydrogen-bond donors (Lipinski definition) is 2. The summed E-state index contributed by atoms with van der Waals surface area (Å²) in [5, 5.41) is 22.2. The molecule has 5 fully saturated rings. The van der Waals surface area contributed by atoms with Crippen LogP contribution < -0.4 is 14.4 Å². The molecule has 5 aliphatic rings. The number of likely N-dealkylation sites (N-methyl/N-ethyl adjacent to an activating group) is 1. The van der Waals surface area contributed by atoms with Crippen molar-refractivity contribution < 1.29 is 76.8 Å². The largest absolute Gasteiger partial charge is 0.493 e. The molecule has 0 bridgehead atoms. The molecule has 0 spiro atoms. The standard InChI is InChI=1S/C60H91N3O16S/c1-16-45-60(10)47(51(56(69)79-60)80-28-27-63(54(67)39-23-25-61-26-24-39)40-21-22-43(70-13)44(30-40)75-41-19-17-18-20-41)35(4)48(64)33(2)31-59(9,72-15)53(78-57-49(65)42(62(11)12)29-34(3)73-57)36(5)50(37(6)55(68)76-45)77-46-32-58(8,71-14)52(66)38(7)74-46/h21-26,30,33-38,41-42,45-47,49-53,57,65-66H,16-20,27-29,31-32H2,1-15H3/t33-,34-,35-,36+,37-,38+,42?,45-,46+,47+,49-,50+,51+,52+,53-,57+,58-,59-,60-/m1/s1. The van der Waals surface area contributed by atoms with Crippen molar-refractivity contribution in [1.29, 1.82) is 0 Å². The first-order valence-corrected chi connectivity index (χ1v) is 29.8. The number of Topliss-reactive ketones (excluding diaryl/α,β-unsaturated/α-hetero) is 1. The van der Waals surface area contributed by atoms with Crippen LogP contribution in [0.1, 0.15) is 131 Å². The molecule has 0 radical (unpaired) electrons. The Morgan fingerprint density at radius 2 is 1.52 bits per heavy atom. The predicted molar refractivity (Wildman–Crippen MR) is 300 cm³/mol. The number of thioether (sulfide) groups is 1. The molecular weight excluding hydrogens is 1050 g/mol. The zero-order valence-electron chi connectivity index (χ0n) is 49.8. The van der Waals surface area contributed by atoms with Crippen LogP contribution >= 0.6 is 11.8 Å². The van der Waals surface area contributed by atoms with Crippen molar-refractivity contribution in [3.05, 3.63) is 48.3 Å². The number of carbonyl (C=O) groups excluding carboxylic acids is 4. The van der Waals surface area contributed by atoms with Crippen molar-refractivity contribution in [3.8, 4) is 11.5 Å². The molecule has 1 aromatic heterocycles. The topological polar surface area (TPSA) is 220 Å². The highest BCUT2D eigenvalue weighted by Gasteiger charge is 2.62. The summed E-state index contributed by atoms with van der Waals surface area (Å²) in [5.74, 6) is -4.62. The van der Waals surface area contributed by atoms with Crippen LogP contribution in [0.3, 0.4) is 0 Å². The highest BCUT2D eigenvalue weighted by Crippen LogP contribution is 2.50. The van der Waals surface area contributed by atoms with Gasteiger partial charge in [-0.15, -0.1) is 11.8 Å². The van der Waals surface area contributed by atoms with E-state index in [2.05, 4.69) is 4.98 Å². The maximum atomic E-state index is 15.4. The fourth-order valence-corrected chi connectivity index (χ4v) is 14.7. The fourth-order valence-electron chi connectivity index (χ4n) is 13.3. The fraction of sp³-hybridized carbons (Fsp3) is 0.750. The van der Waals surface area contributed by atoms with E-state index in [1.807, 2.05) is 59.7 Å². The first-order chi connectivity index (χ1) is 37.8. The SMILES string of the molecule is CC[C@H]1OC(=O)[C@H](C)[C@@H](O[C@H]2C[C@@](C)(OC)[C@@H](O)[C@H](C)O2)[C@H](C)[C@@H](O[C@@H]2O[C@H](C)CC(N(C)C)[C@H]2O)[C@](C)(OC)C[C@@H](C)C(=O)[C@H](C)[C@H]2[C@H](SCCN(C(=O)c3ccncc3)c3ccc(OC)c(OC4CCCC4)c3)C(=O)O[C@@]21C. The third-order valence-electron chi connectivity index (χ3n) is 18.1. The quantitative estimate of drug-likeness (QED) is 0.147. The van der Waals surface area contributed by atoms with Crippen molar-refractivity contribution in [2.45, 2.75) is 210 Å². The number of amides is 1. The number of benzene rings is 1. The number of nitrogens with zero attached hydrogens (tertiary/aromatic N) is 3. The Bertz CT molecular complexity index is 2420. The summed E-state index contributed by atoms with van der Waals surface area (Å²) in [5.41, 5.74) is -2.93. The van der Waals surface area contributed by atoms with Crippen LogP contribution in [0.15, 0.2) is 42.7 Å². The van der Waals surface area contributed by atoms with E-state index in [0.29, 0.717) is 29.2 Å². The van der Waals surface area contributed by atoms with Crippen LogP contribution in [0.25, 0.3) is 0 Å². The van der Waals surface area contributed by atoms with Gasteiger partial charge in [-0.2, -0.15) is 0 Å². The Morgan fingerprint density at radius 1 is 0.850 bits per heavy atom. The van der Waals surface area contributed by atoms with E-state index < -0.39 is 113 Å². The van der Waals surface area contributed by atoms with Crippen LogP contribution in [0, 0.1) is 29.6 Å². The third kappa shape index (κ3) is 13.5. The van der Waals surface area contributed by atoms with Gasteiger partial charge in [0.15, 0.2) is 29.7 Å². The van der Waals surface area contributed by atoms with Crippen LogP contribution in [0.4, 0.5) is 5.69 Å². The van der Waals surface area contributed by atoms with Crippen LogP contribution in [0.5, 0.6) is 11.5 Å². The van der Waals surface area contributed by atoms with Gasteiger partial charge in [0.25, 0.3) is 5.91 Å². The lowest BCUT2D eigenvalue weighted by Gasteiger charge is -2.50. The van der Waals surface area contributed by atoms with E-state index in [0.717, 1.165) is 25.7 Å². The van der Waals surface area contributed by atoms with E-state index >= 15 is 9.59 Å². The number of pyridine rings is 1. The minimum Gasteiger partial charge on any atom is -0.493 e. The van der Waals surface area contributed by atoms with E-state index in [1.54, 1.807) is 83.3 Å². The number of carbonyl (C=O) groups is 4. The molecule has 5 heterocycles. The molecule has 1 amide bonds. The van der Waals surface area contributed by atoms with Gasteiger partial charge >= 0.3 is 11.9 Å². The molecule has 448 valence electrons. The zero-order chi connectivity index (χ0) is 58.6. The zero-order valence-corrected chi connectivity index (χ0v) is 50.6. The smallest absolute Gasteiger partial charge is 0.320 e. The Morgan fingerprint density at radius 3 is 2.15 bits per heavy atom. The lowest BCUT2D eigenvalue weighted by molar-refractivity contribution is -0.319. The molecular formula is C60H91N3O16S. The Labute approximate surface area is 478 Å². The summed E-state index contributed by atoms with van der Waals surface area (Å²) in [6, 6.07) is 8.38. The van der Waals surface area contributed by atoms with Crippen LogP contribution in [-0.2, 0) is 52.3 Å². The number of ketones is 1. The maximum absolute atomic E-state index is 15.4. The van der Waals surface area contributed by atoms with Crippen LogP contribution in [-0.4, -0.2) is 181 Å². The van der Waals surface area contributed by atoms with Crippen molar-refractivity contribution in [2.75, 3.05) is 52.6 Å². The van der Waals surface area contributed by atoms with E-state index in [9.17, 15) is 19.8 Å². The van der Waals surface area contributed by atoms with Gasteiger partial charge in [0.2, 0.25) is 0 Å². The second kappa shape index (κ2) is 26.7. The molecule has 7 rings (SSSR count). The number of fused-ring (bicyclic) bond motifs is 1. The van der Waals surface area contributed by atoms with Crippen LogP contribution in [0.2, 0.25) is 0 Å². The average Bonchev–Trinajstić information content (AvgIpc) is 4.06. The predicted octanol–water partition coefficient (Wildman–Crippen LogP) is 7.43. The average molecular weight is 1140 g/mol. The molecule has 4 saturated heterocycles. The van der Waals surface area contributed by atoms with E-state index in [-0.39, 0.29) is 61.5 Å². The number of ether oxygens (including phenoxy) is 10. The normalized spacial score (nSPS) is 38.5. The molecule has 1 unspecified atom stereocenters. The number of aliphatic hydroxyl groups excluding tert-OH is 2. The van der Waals surface area contributed by atoms with Gasteiger partial charge in [-0.3, -0.25) is 24.2 Å². The molecule has 4 aliphatic heterocycles. The Kier molecular flexibility index (Phi) is 21.3. The van der Waals surface area contributed by atoms with E-state index in [1.165, 1.54) is 26.0 Å². The maximum Gasteiger partial charge on any atom is 0.320 e. The lowest BCUT2D eigenvalue weighted by Crippen LogP contribution is -2.61. The number of cyclic esters (lactones) is 1. The third-order valence-corrected chi connectivity index (χ3v) is 19.4. The minimum absolute atomic E-state index is 0.0221. The lowest BCUT2D eigenvalue weighted by atomic mass is 9.70. The molecule has 80 heavy (non-hydrogen) atoms. The summed E-state index contributed by atoms with van der Waals surface area (Å²) in [4.78, 5) is 67.6. The van der Waals surface area contributed by atoms with Crippen molar-refractivity contribution in [3.63, 3.8) is 0 Å². The highest BCUT2D eigenvalue weighted by atomic mass is 32.2. The molecule has 1 aromatic carbocycles. The second-order valence-electron chi connectivity index (χ2n) is 23.9. The van der Waals surface area contributed by atoms with Gasteiger partial charge in [0.1, 0.15) is 29.3 Å². The van der Waals surface area contributed by atoms with Crippen molar-refractivity contribution in [1.82, 2.24) is 9.88 Å². The monoisotopic (exact) mass is 1140 g/mol. The summed E-state index contributed by atoms with van der Waals surface area (Å²) in [7, 11) is 8.41. The molecule has 1 aliphatic carbocycles.